The molecule has 3 nitrogen and oxygen atoms in total. The van der Waals surface area contributed by atoms with Crippen LogP contribution in [0.1, 0.15) is 17.4 Å². The number of hydrogen-bond acceptors (Lipinski definition) is 2. The van der Waals surface area contributed by atoms with E-state index < -0.39 is 5.24 Å². The molecule has 0 amide bonds. The molecule has 5 heteroatoms. The Bertz CT molecular complexity index is 534. The van der Waals surface area contributed by atoms with E-state index in [2.05, 4.69) is 5.10 Å². The smallest absolute Gasteiger partial charge is 0.273 e. The van der Waals surface area contributed by atoms with Gasteiger partial charge in [0.25, 0.3) is 5.24 Å². The fraction of sp³-hybridized carbons (Fsp3) is 0.273. The highest BCUT2D eigenvalue weighted by Gasteiger charge is 2.15. The van der Waals surface area contributed by atoms with Crippen LogP contribution in [0.4, 0.5) is 0 Å². The molecule has 1 unspecified atom stereocenters. The second kappa shape index (κ2) is 4.44. The molecule has 0 bridgehead atoms. The van der Waals surface area contributed by atoms with Crippen molar-refractivity contribution in [1.29, 1.82) is 0 Å². The van der Waals surface area contributed by atoms with Gasteiger partial charge in [0.1, 0.15) is 0 Å². The van der Waals surface area contributed by atoms with Crippen molar-refractivity contribution >= 4 is 39.3 Å². The topological polar surface area (TPSA) is 34.9 Å². The number of carbonyl (C=O) groups is 1. The van der Waals surface area contributed by atoms with Crippen molar-refractivity contribution in [2.75, 3.05) is 0 Å². The van der Waals surface area contributed by atoms with Gasteiger partial charge < -0.3 is 0 Å². The molecule has 1 aromatic carbocycles. The Kier molecular flexibility index (Phi) is 3.17. The molecule has 0 aliphatic rings. The lowest BCUT2D eigenvalue weighted by Crippen LogP contribution is -2.08. The zero-order valence-electron chi connectivity index (χ0n) is 8.65. The van der Waals surface area contributed by atoms with E-state index >= 15 is 0 Å². The third kappa shape index (κ3) is 2.06. The Morgan fingerprint density at radius 3 is 2.81 bits per heavy atom. The summed E-state index contributed by atoms with van der Waals surface area (Å²) in [7, 11) is 0. The van der Waals surface area contributed by atoms with Crippen LogP contribution < -0.4 is 0 Å². The Labute approximate surface area is 103 Å². The van der Waals surface area contributed by atoms with Gasteiger partial charge >= 0.3 is 0 Å². The molecule has 0 spiro atoms. The maximum atomic E-state index is 11.2. The SMILES string of the molecule is CC(Cl)Cn1nc(C(=O)Cl)c2ccccc21. The number of halogens is 2. The summed E-state index contributed by atoms with van der Waals surface area (Å²) in [5.41, 5.74) is 1.16. The number of alkyl halides is 1. The van der Waals surface area contributed by atoms with Crippen LogP contribution in [0.3, 0.4) is 0 Å². The van der Waals surface area contributed by atoms with Crippen molar-refractivity contribution in [3.05, 3.63) is 30.0 Å². The molecule has 0 aliphatic heterocycles. The predicted octanol–water partition coefficient (Wildman–Crippen LogP) is 3.04. The van der Waals surface area contributed by atoms with E-state index in [0.29, 0.717) is 6.54 Å². The Balaban J connectivity index is 2.62. The molecule has 2 rings (SSSR count). The van der Waals surface area contributed by atoms with E-state index in [4.69, 9.17) is 23.2 Å². The van der Waals surface area contributed by atoms with Crippen LogP contribution in [0.25, 0.3) is 10.9 Å². The number of aromatic nitrogens is 2. The highest BCUT2D eigenvalue weighted by molar-refractivity contribution is 6.68. The minimum Gasteiger partial charge on any atom is -0.274 e. The summed E-state index contributed by atoms with van der Waals surface area (Å²) in [5.74, 6) is 0. The van der Waals surface area contributed by atoms with E-state index in [1.807, 2.05) is 31.2 Å². The molecule has 0 aliphatic carbocycles. The van der Waals surface area contributed by atoms with Crippen molar-refractivity contribution < 1.29 is 4.79 Å². The summed E-state index contributed by atoms with van der Waals surface area (Å²) in [4.78, 5) is 11.2. The van der Waals surface area contributed by atoms with Crippen molar-refractivity contribution in [1.82, 2.24) is 9.78 Å². The lowest BCUT2D eigenvalue weighted by molar-refractivity contribution is 0.107. The van der Waals surface area contributed by atoms with Crippen molar-refractivity contribution in [3.8, 4) is 0 Å². The fourth-order valence-electron chi connectivity index (χ4n) is 1.65. The van der Waals surface area contributed by atoms with Gasteiger partial charge in [-0.15, -0.1) is 11.6 Å². The third-order valence-corrected chi connectivity index (χ3v) is 2.59. The van der Waals surface area contributed by atoms with Crippen molar-refractivity contribution in [2.24, 2.45) is 0 Å². The standard InChI is InChI=1S/C11H10Cl2N2O/c1-7(12)6-15-9-5-3-2-4-8(9)10(14-15)11(13)16/h2-5,7H,6H2,1H3. The molecule has 0 saturated carbocycles. The highest BCUT2D eigenvalue weighted by Crippen LogP contribution is 2.20. The van der Waals surface area contributed by atoms with E-state index in [1.54, 1.807) is 4.68 Å². The summed E-state index contributed by atoms with van der Waals surface area (Å²) in [6, 6.07) is 7.46. The first kappa shape index (κ1) is 11.4. The minimum absolute atomic E-state index is 0.0541. The number of para-hydroxylation sites is 1. The molecule has 16 heavy (non-hydrogen) atoms. The van der Waals surface area contributed by atoms with Gasteiger partial charge in [0.15, 0.2) is 5.69 Å². The molecule has 2 aromatic rings. The predicted molar refractivity (Wildman–Crippen MR) is 65.2 cm³/mol. The summed E-state index contributed by atoms with van der Waals surface area (Å²) < 4.78 is 1.71. The normalized spacial score (nSPS) is 12.9. The van der Waals surface area contributed by atoms with E-state index in [9.17, 15) is 4.79 Å². The molecular weight excluding hydrogens is 247 g/mol. The summed E-state index contributed by atoms with van der Waals surface area (Å²) >= 11 is 11.4. The summed E-state index contributed by atoms with van der Waals surface area (Å²) in [6.07, 6.45) is 0. The van der Waals surface area contributed by atoms with Crippen molar-refractivity contribution in [2.45, 2.75) is 18.8 Å². The van der Waals surface area contributed by atoms with Gasteiger partial charge in [-0.2, -0.15) is 5.10 Å². The lowest BCUT2D eigenvalue weighted by atomic mass is 10.2. The Hall–Kier alpha value is -1.06. The first-order valence-corrected chi connectivity index (χ1v) is 5.70. The first-order chi connectivity index (χ1) is 7.59. The molecule has 1 atom stereocenters. The van der Waals surface area contributed by atoms with E-state index in [0.717, 1.165) is 10.9 Å². The van der Waals surface area contributed by atoms with Crippen LogP contribution in [0, 0.1) is 0 Å². The number of carbonyl (C=O) groups excluding carboxylic acids is 1. The average molecular weight is 257 g/mol. The molecule has 0 saturated heterocycles. The number of benzene rings is 1. The van der Waals surface area contributed by atoms with E-state index in [1.165, 1.54) is 0 Å². The van der Waals surface area contributed by atoms with Crippen LogP contribution in [-0.4, -0.2) is 20.4 Å². The van der Waals surface area contributed by atoms with Crippen LogP contribution >= 0.6 is 23.2 Å². The van der Waals surface area contributed by atoms with E-state index in [-0.39, 0.29) is 11.1 Å². The van der Waals surface area contributed by atoms with Gasteiger partial charge in [-0.1, -0.05) is 18.2 Å². The number of nitrogens with zero attached hydrogens (tertiary/aromatic N) is 2. The summed E-state index contributed by atoms with van der Waals surface area (Å²) in [6.45, 7) is 2.42. The maximum Gasteiger partial charge on any atom is 0.273 e. The van der Waals surface area contributed by atoms with Crippen molar-refractivity contribution in [3.63, 3.8) is 0 Å². The van der Waals surface area contributed by atoms with Gasteiger partial charge in [-0.05, 0) is 24.6 Å². The van der Waals surface area contributed by atoms with Gasteiger partial charge in [0.05, 0.1) is 17.4 Å². The molecular formula is C11H10Cl2N2O. The first-order valence-electron chi connectivity index (χ1n) is 4.89. The van der Waals surface area contributed by atoms with Crippen LogP contribution in [0.5, 0.6) is 0 Å². The van der Waals surface area contributed by atoms with Gasteiger partial charge in [-0.3, -0.25) is 9.48 Å². The quantitative estimate of drug-likeness (QED) is 0.625. The fourth-order valence-corrected chi connectivity index (χ4v) is 1.92. The lowest BCUT2D eigenvalue weighted by Gasteiger charge is -2.04. The molecule has 1 aromatic heterocycles. The average Bonchev–Trinajstić information content (AvgIpc) is 2.57. The van der Waals surface area contributed by atoms with Crippen LogP contribution in [0.15, 0.2) is 24.3 Å². The molecule has 0 N–H and O–H groups in total. The molecule has 1 heterocycles. The zero-order chi connectivity index (χ0) is 11.7. The molecule has 84 valence electrons. The number of hydrogen-bond donors (Lipinski definition) is 0. The second-order valence-corrected chi connectivity index (χ2v) is 4.69. The van der Waals surface area contributed by atoms with Crippen LogP contribution in [-0.2, 0) is 6.54 Å². The molecule has 0 radical (unpaired) electrons. The van der Waals surface area contributed by atoms with Gasteiger partial charge in [0.2, 0.25) is 0 Å². The minimum atomic E-state index is -0.544. The van der Waals surface area contributed by atoms with Gasteiger partial charge in [0, 0.05) is 5.39 Å². The molecule has 0 fully saturated rings. The Morgan fingerprint density at radius 2 is 2.19 bits per heavy atom. The number of rotatable bonds is 3. The monoisotopic (exact) mass is 256 g/mol. The summed E-state index contributed by atoms with van der Waals surface area (Å²) in [5, 5.41) is 4.35. The largest absolute Gasteiger partial charge is 0.274 e. The maximum absolute atomic E-state index is 11.2. The van der Waals surface area contributed by atoms with Crippen LogP contribution in [0.2, 0.25) is 0 Å². The number of fused-ring (bicyclic) bond motifs is 1. The third-order valence-electron chi connectivity index (χ3n) is 2.27. The zero-order valence-corrected chi connectivity index (χ0v) is 10.2. The highest BCUT2D eigenvalue weighted by atomic mass is 35.5. The Morgan fingerprint density at radius 1 is 1.50 bits per heavy atom. The second-order valence-electron chi connectivity index (χ2n) is 3.60. The van der Waals surface area contributed by atoms with Gasteiger partial charge in [-0.25, -0.2) is 0 Å².